The van der Waals surface area contributed by atoms with Crippen molar-refractivity contribution in [2.45, 2.75) is 58.1 Å². The highest BCUT2D eigenvalue weighted by Gasteiger charge is 2.25. The van der Waals surface area contributed by atoms with Gasteiger partial charge in [0.25, 0.3) is 5.89 Å². The molecule has 8 nitrogen and oxygen atoms in total. The number of halogens is 1. The van der Waals surface area contributed by atoms with Crippen LogP contribution in [0.3, 0.4) is 0 Å². The summed E-state index contributed by atoms with van der Waals surface area (Å²) in [6, 6.07) is 3.90. The van der Waals surface area contributed by atoms with Crippen LogP contribution in [-0.2, 0) is 27.8 Å². The lowest BCUT2D eigenvalue weighted by molar-refractivity contribution is 0.0429. The molecule has 0 aliphatic heterocycles. The molecule has 0 aliphatic carbocycles. The first kappa shape index (κ1) is 22.3. The molecule has 0 fully saturated rings. The maximum Gasteiger partial charge on any atom is 0.338 e. The summed E-state index contributed by atoms with van der Waals surface area (Å²) in [6.07, 6.45) is 0.649. The van der Waals surface area contributed by atoms with E-state index >= 15 is 0 Å². The first-order valence-electron chi connectivity index (χ1n) is 8.69. The summed E-state index contributed by atoms with van der Waals surface area (Å²) >= 11 is 6.03. The zero-order chi connectivity index (χ0) is 21.1. The Labute approximate surface area is 169 Å². The highest BCUT2D eigenvalue weighted by molar-refractivity contribution is 7.89. The van der Waals surface area contributed by atoms with Gasteiger partial charge in [-0.3, -0.25) is 0 Å². The molecule has 0 bridgehead atoms. The van der Waals surface area contributed by atoms with Gasteiger partial charge in [-0.25, -0.2) is 17.9 Å². The molecular formula is C18H24ClN3O5S. The predicted octanol–water partition coefficient (Wildman–Crippen LogP) is 3.36. The van der Waals surface area contributed by atoms with Crippen LogP contribution in [0.25, 0.3) is 0 Å². The fourth-order valence-electron chi connectivity index (χ4n) is 2.30. The van der Waals surface area contributed by atoms with E-state index < -0.39 is 21.5 Å². The smallest absolute Gasteiger partial charge is 0.338 e. The summed E-state index contributed by atoms with van der Waals surface area (Å²) in [7, 11) is -3.91. The molecule has 0 spiro atoms. The minimum atomic E-state index is -3.91. The largest absolute Gasteiger partial charge is 0.452 e. The third kappa shape index (κ3) is 6.29. The van der Waals surface area contributed by atoms with E-state index in [9.17, 15) is 13.2 Å². The van der Waals surface area contributed by atoms with E-state index in [0.717, 1.165) is 0 Å². The van der Waals surface area contributed by atoms with Crippen LogP contribution in [0.5, 0.6) is 0 Å². The minimum Gasteiger partial charge on any atom is -0.452 e. The number of hydrogen-bond acceptors (Lipinski definition) is 7. The molecule has 2 aromatic rings. The van der Waals surface area contributed by atoms with E-state index in [1.165, 1.54) is 18.2 Å². The number of carbonyl (C=O) groups is 1. The number of nitrogens with one attached hydrogen (secondary N) is 1. The van der Waals surface area contributed by atoms with Gasteiger partial charge >= 0.3 is 5.97 Å². The van der Waals surface area contributed by atoms with Crippen molar-refractivity contribution < 1.29 is 22.5 Å². The number of aromatic nitrogens is 2. The Morgan fingerprint density at radius 3 is 2.61 bits per heavy atom. The molecule has 1 heterocycles. The van der Waals surface area contributed by atoms with E-state index in [4.69, 9.17) is 20.9 Å². The van der Waals surface area contributed by atoms with Crippen molar-refractivity contribution in [1.82, 2.24) is 14.9 Å². The highest BCUT2D eigenvalue weighted by atomic mass is 35.5. The first-order valence-corrected chi connectivity index (χ1v) is 10.6. The average Bonchev–Trinajstić information content (AvgIpc) is 2.97. The Morgan fingerprint density at radius 2 is 2.00 bits per heavy atom. The number of sulfonamides is 1. The normalized spacial score (nSPS) is 12.4. The molecule has 0 amide bonds. The van der Waals surface area contributed by atoms with E-state index in [2.05, 4.69) is 14.9 Å². The van der Waals surface area contributed by atoms with E-state index in [1.54, 1.807) is 20.8 Å². The van der Waals surface area contributed by atoms with Gasteiger partial charge in [-0.05, 0) is 44.9 Å². The maximum atomic E-state index is 12.5. The van der Waals surface area contributed by atoms with Crippen molar-refractivity contribution in [3.8, 4) is 0 Å². The molecule has 28 heavy (non-hydrogen) atoms. The van der Waals surface area contributed by atoms with Crippen molar-refractivity contribution in [2.75, 3.05) is 0 Å². The number of esters is 1. The number of hydrogen-bond donors (Lipinski definition) is 1. The van der Waals surface area contributed by atoms with Crippen molar-refractivity contribution in [3.05, 3.63) is 40.5 Å². The number of nitrogens with zero attached hydrogens (tertiary/aromatic N) is 2. The van der Waals surface area contributed by atoms with E-state index in [0.29, 0.717) is 18.2 Å². The monoisotopic (exact) mass is 429 g/mol. The van der Waals surface area contributed by atoms with Gasteiger partial charge in [-0.2, -0.15) is 4.98 Å². The molecule has 10 heteroatoms. The summed E-state index contributed by atoms with van der Waals surface area (Å²) in [5.41, 5.74) is -0.662. The summed E-state index contributed by atoms with van der Waals surface area (Å²) < 4.78 is 37.7. The molecule has 1 aromatic heterocycles. The van der Waals surface area contributed by atoms with Crippen LogP contribution in [0.15, 0.2) is 27.6 Å². The number of ether oxygens (including phenoxy) is 1. The second-order valence-electron chi connectivity index (χ2n) is 7.78. The third-order valence-electron chi connectivity index (χ3n) is 3.32. The van der Waals surface area contributed by atoms with Crippen LogP contribution < -0.4 is 4.72 Å². The lowest BCUT2D eigenvalue weighted by atomic mass is 10.1. The van der Waals surface area contributed by atoms with Crippen LogP contribution >= 0.6 is 11.6 Å². The van der Waals surface area contributed by atoms with Gasteiger partial charge < -0.3 is 9.26 Å². The van der Waals surface area contributed by atoms with Gasteiger partial charge in [0.1, 0.15) is 4.90 Å². The second kappa shape index (κ2) is 8.59. The third-order valence-corrected chi connectivity index (χ3v) is 5.56. The zero-order valence-electron chi connectivity index (χ0n) is 16.4. The molecule has 1 N–H and O–H groups in total. The number of carbonyl (C=O) groups excluding carboxylic acids is 1. The lowest BCUT2D eigenvalue weighted by Gasteiger charge is -2.21. The van der Waals surface area contributed by atoms with E-state index in [1.807, 2.05) is 13.8 Å². The van der Waals surface area contributed by atoms with Crippen LogP contribution in [0, 0.1) is 5.92 Å². The van der Waals surface area contributed by atoms with Crippen LogP contribution in [0.4, 0.5) is 0 Å². The van der Waals surface area contributed by atoms with Crippen molar-refractivity contribution in [1.29, 1.82) is 0 Å². The SMILES string of the molecule is CC(C)Cc1noc(COC(=O)c2ccc(Cl)c(S(=O)(=O)NC(C)(C)C)c2)n1. The Bertz CT molecular complexity index is 948. The number of benzene rings is 1. The predicted molar refractivity (Wildman–Crippen MR) is 103 cm³/mol. The summed E-state index contributed by atoms with van der Waals surface area (Å²) in [5, 5.41) is 3.82. The van der Waals surface area contributed by atoms with Gasteiger partial charge in [-0.1, -0.05) is 30.6 Å². The molecule has 0 radical (unpaired) electrons. The van der Waals surface area contributed by atoms with Gasteiger partial charge in [0.05, 0.1) is 10.6 Å². The molecule has 1 aromatic carbocycles. The topological polar surface area (TPSA) is 111 Å². The maximum absolute atomic E-state index is 12.5. The fraction of sp³-hybridized carbons (Fsp3) is 0.500. The Morgan fingerprint density at radius 1 is 1.32 bits per heavy atom. The molecule has 0 saturated carbocycles. The standard InChI is InChI=1S/C18H24ClN3O5S/c1-11(2)8-15-20-16(27-21-15)10-26-17(23)12-6-7-13(19)14(9-12)28(24,25)22-18(3,4)5/h6-7,9,11,22H,8,10H2,1-5H3. The van der Waals surface area contributed by atoms with Crippen molar-refractivity contribution in [3.63, 3.8) is 0 Å². The van der Waals surface area contributed by atoms with Gasteiger partial charge in [0.15, 0.2) is 12.4 Å². The molecule has 0 unspecified atom stereocenters. The Balaban J connectivity index is 2.13. The van der Waals surface area contributed by atoms with Gasteiger partial charge in [-0.15, -0.1) is 0 Å². The first-order chi connectivity index (χ1) is 12.9. The lowest BCUT2D eigenvalue weighted by Crippen LogP contribution is -2.40. The van der Waals surface area contributed by atoms with Crippen molar-refractivity contribution >= 4 is 27.6 Å². The van der Waals surface area contributed by atoms with Crippen LogP contribution in [-0.4, -0.2) is 30.1 Å². The fourth-order valence-corrected chi connectivity index (χ4v) is 4.25. The molecule has 0 atom stereocenters. The number of rotatable bonds is 7. The van der Waals surface area contributed by atoms with Crippen LogP contribution in [0.2, 0.25) is 5.02 Å². The van der Waals surface area contributed by atoms with Gasteiger partial charge in [0.2, 0.25) is 10.0 Å². The quantitative estimate of drug-likeness (QED) is 0.671. The summed E-state index contributed by atoms with van der Waals surface area (Å²) in [6.45, 7) is 8.94. The van der Waals surface area contributed by atoms with Crippen molar-refractivity contribution in [2.24, 2.45) is 5.92 Å². The Kier molecular flexibility index (Phi) is 6.84. The van der Waals surface area contributed by atoms with Gasteiger partial charge in [0, 0.05) is 12.0 Å². The minimum absolute atomic E-state index is 0.00327. The molecule has 2 rings (SSSR count). The second-order valence-corrected chi connectivity index (χ2v) is 9.84. The van der Waals surface area contributed by atoms with Crippen LogP contribution in [0.1, 0.15) is 56.7 Å². The summed E-state index contributed by atoms with van der Waals surface area (Å²) in [5.74, 6) is 0.339. The molecule has 0 aliphatic rings. The van der Waals surface area contributed by atoms with E-state index in [-0.39, 0.29) is 28.0 Å². The Hall–Kier alpha value is -1.97. The summed E-state index contributed by atoms with van der Waals surface area (Å²) in [4.78, 5) is 16.3. The zero-order valence-corrected chi connectivity index (χ0v) is 18.0. The molecular weight excluding hydrogens is 406 g/mol. The highest BCUT2D eigenvalue weighted by Crippen LogP contribution is 2.24. The molecule has 154 valence electrons. The molecule has 0 saturated heterocycles. The average molecular weight is 430 g/mol.